The minimum atomic E-state index is -0.496. The van der Waals surface area contributed by atoms with Gasteiger partial charge in [0.2, 0.25) is 5.91 Å². The summed E-state index contributed by atoms with van der Waals surface area (Å²) in [4.78, 5) is 15.7. The fourth-order valence-corrected chi connectivity index (χ4v) is 2.11. The molecular weight excluding hydrogens is 230 g/mol. The number of rotatable bonds is 2. The molecule has 1 N–H and O–H groups in total. The molecule has 1 saturated heterocycles. The molecule has 1 heterocycles. The number of nitrogens with zero attached hydrogens (tertiary/aromatic N) is 3. The minimum Gasteiger partial charge on any atom is -0.394 e. The average molecular weight is 245 g/mol. The molecule has 18 heavy (non-hydrogen) atoms. The molecule has 0 bridgehead atoms. The molecule has 1 aromatic rings. The van der Waals surface area contributed by atoms with Gasteiger partial charge in [0.1, 0.15) is 6.04 Å². The summed E-state index contributed by atoms with van der Waals surface area (Å²) in [6, 6.07) is 8.52. The molecule has 1 atom stereocenters. The maximum absolute atomic E-state index is 12.2. The van der Waals surface area contributed by atoms with Crippen LogP contribution in [-0.2, 0) is 4.79 Å². The quantitative estimate of drug-likeness (QED) is 0.808. The predicted molar refractivity (Wildman–Crippen MR) is 67.0 cm³/mol. The van der Waals surface area contributed by atoms with Crippen LogP contribution in [0, 0.1) is 11.3 Å². The highest BCUT2D eigenvalue weighted by molar-refractivity contribution is 5.98. The van der Waals surface area contributed by atoms with E-state index in [1.807, 2.05) is 11.9 Å². The molecule has 0 radical (unpaired) electrons. The van der Waals surface area contributed by atoms with Crippen molar-refractivity contribution in [1.82, 2.24) is 4.90 Å². The third kappa shape index (κ3) is 2.21. The number of amides is 1. The summed E-state index contributed by atoms with van der Waals surface area (Å²) >= 11 is 0. The van der Waals surface area contributed by atoms with E-state index < -0.39 is 6.04 Å². The van der Waals surface area contributed by atoms with Crippen molar-refractivity contribution in [2.24, 2.45) is 0 Å². The Bertz CT molecular complexity index is 495. The number of hydrogen-bond acceptors (Lipinski definition) is 4. The Labute approximate surface area is 106 Å². The molecule has 94 valence electrons. The zero-order chi connectivity index (χ0) is 13.1. The van der Waals surface area contributed by atoms with Crippen LogP contribution in [-0.4, -0.2) is 48.7 Å². The van der Waals surface area contributed by atoms with Crippen LogP contribution >= 0.6 is 0 Å². The summed E-state index contributed by atoms with van der Waals surface area (Å²) < 4.78 is 0. The Morgan fingerprint density at radius 2 is 2.28 bits per heavy atom. The van der Waals surface area contributed by atoms with E-state index in [-0.39, 0.29) is 12.5 Å². The molecule has 1 unspecified atom stereocenters. The van der Waals surface area contributed by atoms with Crippen LogP contribution in [0.15, 0.2) is 24.3 Å². The first-order valence-electron chi connectivity index (χ1n) is 5.80. The van der Waals surface area contributed by atoms with E-state index in [0.717, 1.165) is 0 Å². The van der Waals surface area contributed by atoms with Gasteiger partial charge in [-0.2, -0.15) is 5.26 Å². The molecule has 5 heteroatoms. The summed E-state index contributed by atoms with van der Waals surface area (Å²) in [5.74, 6) is -0.124. The van der Waals surface area contributed by atoms with Gasteiger partial charge in [0.15, 0.2) is 0 Å². The lowest BCUT2D eigenvalue weighted by molar-refractivity contribution is -0.126. The van der Waals surface area contributed by atoms with Gasteiger partial charge in [-0.15, -0.1) is 0 Å². The highest BCUT2D eigenvalue weighted by Crippen LogP contribution is 2.20. The lowest BCUT2D eigenvalue weighted by Crippen LogP contribution is -2.57. The molecule has 1 amide bonds. The van der Waals surface area contributed by atoms with Crippen molar-refractivity contribution in [3.63, 3.8) is 0 Å². The third-order valence-electron chi connectivity index (χ3n) is 3.22. The largest absolute Gasteiger partial charge is 0.394 e. The second-order valence-electron chi connectivity index (χ2n) is 4.33. The fourth-order valence-electron chi connectivity index (χ4n) is 2.11. The monoisotopic (exact) mass is 245 g/mol. The van der Waals surface area contributed by atoms with Gasteiger partial charge in [0.25, 0.3) is 0 Å². The van der Waals surface area contributed by atoms with Gasteiger partial charge in [-0.05, 0) is 25.2 Å². The van der Waals surface area contributed by atoms with Crippen molar-refractivity contribution in [1.29, 1.82) is 5.26 Å². The number of nitriles is 1. The molecule has 5 nitrogen and oxygen atoms in total. The van der Waals surface area contributed by atoms with Gasteiger partial charge in [0, 0.05) is 18.8 Å². The summed E-state index contributed by atoms with van der Waals surface area (Å²) in [5.41, 5.74) is 1.24. The summed E-state index contributed by atoms with van der Waals surface area (Å²) in [6.07, 6.45) is 0. The Morgan fingerprint density at radius 3 is 2.94 bits per heavy atom. The number of likely N-dealkylation sites (N-methyl/N-ethyl adjacent to an activating group) is 1. The van der Waals surface area contributed by atoms with Crippen molar-refractivity contribution in [2.75, 3.05) is 31.6 Å². The zero-order valence-electron chi connectivity index (χ0n) is 10.2. The van der Waals surface area contributed by atoms with Gasteiger partial charge >= 0.3 is 0 Å². The number of aliphatic hydroxyl groups excluding tert-OH is 1. The van der Waals surface area contributed by atoms with E-state index in [2.05, 4.69) is 6.07 Å². The van der Waals surface area contributed by atoms with Crippen LogP contribution in [0.2, 0.25) is 0 Å². The predicted octanol–water partition coefficient (Wildman–Crippen LogP) is 0.198. The van der Waals surface area contributed by atoms with Crippen LogP contribution < -0.4 is 4.90 Å². The molecule has 0 aliphatic carbocycles. The maximum Gasteiger partial charge on any atom is 0.246 e. The zero-order valence-corrected chi connectivity index (χ0v) is 10.2. The lowest BCUT2D eigenvalue weighted by Gasteiger charge is -2.37. The van der Waals surface area contributed by atoms with Crippen molar-refractivity contribution >= 4 is 11.6 Å². The topological polar surface area (TPSA) is 67.6 Å². The van der Waals surface area contributed by atoms with Crippen LogP contribution in [0.25, 0.3) is 0 Å². The van der Waals surface area contributed by atoms with E-state index in [0.29, 0.717) is 24.3 Å². The van der Waals surface area contributed by atoms with Gasteiger partial charge in [-0.3, -0.25) is 9.69 Å². The molecule has 0 spiro atoms. The van der Waals surface area contributed by atoms with E-state index in [1.165, 1.54) is 0 Å². The number of carbonyl (C=O) groups excluding carboxylic acids is 1. The SMILES string of the molecule is CN1CCN(c2cccc(C#N)c2)C(=O)C1CO. The maximum atomic E-state index is 12.2. The Morgan fingerprint density at radius 1 is 1.50 bits per heavy atom. The van der Waals surface area contributed by atoms with Crippen molar-refractivity contribution in [3.05, 3.63) is 29.8 Å². The third-order valence-corrected chi connectivity index (χ3v) is 3.22. The molecule has 1 aliphatic rings. The first kappa shape index (κ1) is 12.6. The van der Waals surface area contributed by atoms with E-state index in [1.54, 1.807) is 29.2 Å². The molecule has 0 saturated carbocycles. The second-order valence-corrected chi connectivity index (χ2v) is 4.33. The summed E-state index contributed by atoms with van der Waals surface area (Å²) in [5, 5.41) is 18.1. The number of aliphatic hydroxyl groups is 1. The minimum absolute atomic E-state index is 0.124. The molecule has 0 aromatic heterocycles. The number of carbonyl (C=O) groups is 1. The van der Waals surface area contributed by atoms with E-state index >= 15 is 0 Å². The number of piperazine rings is 1. The Kier molecular flexibility index (Phi) is 3.60. The Balaban J connectivity index is 2.28. The van der Waals surface area contributed by atoms with Gasteiger partial charge in [-0.25, -0.2) is 0 Å². The van der Waals surface area contributed by atoms with Crippen molar-refractivity contribution in [3.8, 4) is 6.07 Å². The highest BCUT2D eigenvalue weighted by Gasteiger charge is 2.32. The lowest BCUT2D eigenvalue weighted by atomic mass is 10.1. The molecule has 2 rings (SSSR count). The second kappa shape index (κ2) is 5.17. The molecular formula is C13H15N3O2. The van der Waals surface area contributed by atoms with Gasteiger partial charge in [-0.1, -0.05) is 6.07 Å². The number of hydrogen-bond donors (Lipinski definition) is 1. The molecule has 1 aromatic carbocycles. The van der Waals surface area contributed by atoms with Crippen LogP contribution in [0.4, 0.5) is 5.69 Å². The van der Waals surface area contributed by atoms with E-state index in [9.17, 15) is 9.90 Å². The summed E-state index contributed by atoms with van der Waals surface area (Å²) in [6.45, 7) is 1.08. The van der Waals surface area contributed by atoms with Crippen LogP contribution in [0.5, 0.6) is 0 Å². The smallest absolute Gasteiger partial charge is 0.246 e. The van der Waals surface area contributed by atoms with Gasteiger partial charge in [0.05, 0.1) is 18.2 Å². The Hall–Kier alpha value is -1.90. The molecule has 1 fully saturated rings. The van der Waals surface area contributed by atoms with Crippen LogP contribution in [0.1, 0.15) is 5.56 Å². The first-order valence-corrected chi connectivity index (χ1v) is 5.80. The standard InChI is InChI=1S/C13H15N3O2/c1-15-5-6-16(13(18)12(15)9-17)11-4-2-3-10(7-11)8-14/h2-4,7,12,17H,5-6,9H2,1H3. The van der Waals surface area contributed by atoms with Crippen molar-refractivity contribution in [2.45, 2.75) is 6.04 Å². The normalized spacial score (nSPS) is 20.8. The van der Waals surface area contributed by atoms with Crippen LogP contribution in [0.3, 0.4) is 0 Å². The first-order chi connectivity index (χ1) is 8.67. The number of benzene rings is 1. The van der Waals surface area contributed by atoms with Crippen molar-refractivity contribution < 1.29 is 9.90 Å². The molecule has 1 aliphatic heterocycles. The van der Waals surface area contributed by atoms with Gasteiger partial charge < -0.3 is 10.0 Å². The average Bonchev–Trinajstić information content (AvgIpc) is 2.39. The summed E-state index contributed by atoms with van der Waals surface area (Å²) in [7, 11) is 1.82. The van der Waals surface area contributed by atoms with E-state index in [4.69, 9.17) is 5.26 Å². The fraction of sp³-hybridized carbons (Fsp3) is 0.385. The highest BCUT2D eigenvalue weighted by atomic mass is 16.3. The number of anilines is 1.